The van der Waals surface area contributed by atoms with Crippen LogP contribution in [0.25, 0.3) is 0 Å². The van der Waals surface area contributed by atoms with Crippen molar-refractivity contribution in [1.82, 2.24) is 10.5 Å². The number of aromatic nitrogens is 1. The molecule has 2 rings (SSSR count). The summed E-state index contributed by atoms with van der Waals surface area (Å²) in [5, 5.41) is 10.9. The lowest BCUT2D eigenvalue weighted by atomic mass is 10.1. The van der Waals surface area contributed by atoms with Crippen LogP contribution in [0.1, 0.15) is 37.6 Å². The Morgan fingerprint density at radius 2 is 2.09 bits per heavy atom. The standard InChI is InChI=1S/C16H19Cl2N3O2/c1-4-14(16(22)20-15-7-9(2)23-21-15)19-10(3)12-6-5-11(17)8-13(12)18/h5-8,10,14,19H,4H2,1-3H3,(H,20,21,22). The number of rotatable bonds is 6. The molecule has 23 heavy (non-hydrogen) atoms. The van der Waals surface area contributed by atoms with Crippen LogP contribution in [-0.4, -0.2) is 17.1 Å². The number of hydrogen-bond acceptors (Lipinski definition) is 4. The van der Waals surface area contributed by atoms with Gasteiger partial charge < -0.3 is 9.84 Å². The van der Waals surface area contributed by atoms with Crippen molar-refractivity contribution in [3.8, 4) is 0 Å². The third kappa shape index (κ3) is 4.70. The summed E-state index contributed by atoms with van der Waals surface area (Å²) in [6.45, 7) is 5.65. The monoisotopic (exact) mass is 355 g/mol. The molecule has 5 nitrogen and oxygen atoms in total. The number of carbonyl (C=O) groups excluding carboxylic acids is 1. The number of nitrogens with zero attached hydrogens (tertiary/aromatic N) is 1. The van der Waals surface area contributed by atoms with Crippen molar-refractivity contribution < 1.29 is 9.32 Å². The quantitative estimate of drug-likeness (QED) is 0.807. The minimum Gasteiger partial charge on any atom is -0.360 e. The van der Waals surface area contributed by atoms with Gasteiger partial charge in [-0.2, -0.15) is 0 Å². The minimum atomic E-state index is -0.381. The topological polar surface area (TPSA) is 67.2 Å². The van der Waals surface area contributed by atoms with Crippen LogP contribution in [0.4, 0.5) is 5.82 Å². The molecule has 1 heterocycles. The predicted octanol–water partition coefficient (Wildman–Crippen LogP) is 4.36. The van der Waals surface area contributed by atoms with Gasteiger partial charge in [0.1, 0.15) is 5.76 Å². The van der Waals surface area contributed by atoms with E-state index < -0.39 is 0 Å². The zero-order valence-corrected chi connectivity index (χ0v) is 14.7. The van der Waals surface area contributed by atoms with Gasteiger partial charge in [0.2, 0.25) is 5.91 Å². The summed E-state index contributed by atoms with van der Waals surface area (Å²) in [6.07, 6.45) is 0.623. The van der Waals surface area contributed by atoms with Crippen molar-refractivity contribution in [3.63, 3.8) is 0 Å². The van der Waals surface area contributed by atoms with Crippen LogP contribution < -0.4 is 10.6 Å². The lowest BCUT2D eigenvalue weighted by Gasteiger charge is -2.22. The largest absolute Gasteiger partial charge is 0.360 e. The zero-order valence-electron chi connectivity index (χ0n) is 13.2. The van der Waals surface area contributed by atoms with E-state index in [2.05, 4.69) is 15.8 Å². The number of benzene rings is 1. The second kappa shape index (κ2) is 7.81. The van der Waals surface area contributed by atoms with Gasteiger partial charge in [-0.1, -0.05) is 41.3 Å². The molecule has 0 aliphatic rings. The number of hydrogen-bond donors (Lipinski definition) is 2. The fraction of sp³-hybridized carbons (Fsp3) is 0.375. The Bertz CT molecular complexity index is 688. The maximum absolute atomic E-state index is 12.3. The predicted molar refractivity (Wildman–Crippen MR) is 92.0 cm³/mol. The molecule has 2 N–H and O–H groups in total. The highest BCUT2D eigenvalue weighted by Crippen LogP contribution is 2.26. The molecule has 1 aromatic heterocycles. The Labute approximate surface area is 145 Å². The van der Waals surface area contributed by atoms with Gasteiger partial charge in [0.25, 0.3) is 0 Å². The number of anilines is 1. The molecule has 1 aromatic carbocycles. The molecule has 2 unspecified atom stereocenters. The van der Waals surface area contributed by atoms with Crippen LogP contribution in [0.2, 0.25) is 10.0 Å². The van der Waals surface area contributed by atoms with Crippen LogP contribution >= 0.6 is 23.2 Å². The van der Waals surface area contributed by atoms with Gasteiger partial charge in [-0.25, -0.2) is 0 Å². The highest BCUT2D eigenvalue weighted by atomic mass is 35.5. The highest BCUT2D eigenvalue weighted by Gasteiger charge is 2.21. The van der Waals surface area contributed by atoms with Gasteiger partial charge in [0.05, 0.1) is 6.04 Å². The fourth-order valence-corrected chi connectivity index (χ4v) is 2.83. The maximum atomic E-state index is 12.3. The molecule has 0 aliphatic heterocycles. The van der Waals surface area contributed by atoms with Gasteiger partial charge in [-0.15, -0.1) is 0 Å². The number of halogens is 2. The van der Waals surface area contributed by atoms with E-state index in [0.29, 0.717) is 28.0 Å². The van der Waals surface area contributed by atoms with Crippen LogP contribution in [0.15, 0.2) is 28.8 Å². The van der Waals surface area contributed by atoms with E-state index >= 15 is 0 Å². The SMILES string of the molecule is CCC(NC(C)c1ccc(Cl)cc1Cl)C(=O)Nc1cc(C)on1. The lowest BCUT2D eigenvalue weighted by Crippen LogP contribution is -2.41. The molecular weight excluding hydrogens is 337 g/mol. The van der Waals surface area contributed by atoms with Gasteiger partial charge >= 0.3 is 0 Å². The van der Waals surface area contributed by atoms with Crippen LogP contribution in [-0.2, 0) is 4.79 Å². The summed E-state index contributed by atoms with van der Waals surface area (Å²) in [6, 6.07) is 6.51. The first kappa shape index (κ1) is 17.8. The van der Waals surface area contributed by atoms with Crippen LogP contribution in [0, 0.1) is 6.92 Å². The summed E-state index contributed by atoms with van der Waals surface area (Å²) in [7, 11) is 0. The van der Waals surface area contributed by atoms with E-state index in [-0.39, 0.29) is 18.0 Å². The fourth-order valence-electron chi connectivity index (χ4n) is 2.26. The summed E-state index contributed by atoms with van der Waals surface area (Å²) in [5.41, 5.74) is 0.889. The average molecular weight is 356 g/mol. The van der Waals surface area contributed by atoms with Crippen LogP contribution in [0.5, 0.6) is 0 Å². The summed E-state index contributed by atoms with van der Waals surface area (Å²) in [5.74, 6) is 0.880. The molecule has 7 heteroatoms. The van der Waals surface area contributed by atoms with E-state index in [1.165, 1.54) is 0 Å². The van der Waals surface area contributed by atoms with E-state index in [9.17, 15) is 4.79 Å². The molecule has 0 bridgehead atoms. The Morgan fingerprint density at radius 3 is 2.65 bits per heavy atom. The molecular formula is C16H19Cl2N3O2. The normalized spacial score (nSPS) is 13.6. The molecule has 2 aromatic rings. The number of amides is 1. The second-order valence-electron chi connectivity index (χ2n) is 5.33. The number of carbonyl (C=O) groups is 1. The van der Waals surface area contributed by atoms with Crippen molar-refractivity contribution in [1.29, 1.82) is 0 Å². The first-order valence-corrected chi connectivity index (χ1v) is 8.11. The molecule has 0 saturated carbocycles. The van der Waals surface area contributed by atoms with Gasteiger partial charge in [-0.05, 0) is 38.0 Å². The van der Waals surface area contributed by atoms with E-state index in [0.717, 1.165) is 5.56 Å². The Morgan fingerprint density at radius 1 is 1.35 bits per heavy atom. The van der Waals surface area contributed by atoms with Crippen molar-refractivity contribution in [2.75, 3.05) is 5.32 Å². The number of aryl methyl sites for hydroxylation is 1. The van der Waals surface area contributed by atoms with E-state index in [1.807, 2.05) is 19.9 Å². The van der Waals surface area contributed by atoms with Gasteiger partial charge in [0, 0.05) is 22.2 Å². The van der Waals surface area contributed by atoms with Gasteiger partial charge in [-0.3, -0.25) is 10.1 Å². The molecule has 0 spiro atoms. The molecule has 0 aliphatic carbocycles. The van der Waals surface area contributed by atoms with Crippen molar-refractivity contribution in [2.45, 2.75) is 39.3 Å². The summed E-state index contributed by atoms with van der Waals surface area (Å²) in [4.78, 5) is 12.3. The summed E-state index contributed by atoms with van der Waals surface area (Å²) < 4.78 is 4.94. The Hall–Kier alpha value is -1.56. The molecule has 0 saturated heterocycles. The molecule has 124 valence electrons. The first-order valence-electron chi connectivity index (χ1n) is 7.36. The maximum Gasteiger partial charge on any atom is 0.242 e. The lowest BCUT2D eigenvalue weighted by molar-refractivity contribution is -0.118. The summed E-state index contributed by atoms with van der Waals surface area (Å²) >= 11 is 12.1. The molecule has 0 radical (unpaired) electrons. The minimum absolute atomic E-state index is 0.102. The molecule has 2 atom stereocenters. The van der Waals surface area contributed by atoms with E-state index in [1.54, 1.807) is 25.1 Å². The van der Waals surface area contributed by atoms with Crippen molar-refractivity contribution in [2.24, 2.45) is 0 Å². The Kier molecular flexibility index (Phi) is 6.04. The van der Waals surface area contributed by atoms with Gasteiger partial charge in [0.15, 0.2) is 5.82 Å². The molecule has 1 amide bonds. The average Bonchev–Trinajstić information content (AvgIpc) is 2.89. The third-order valence-corrected chi connectivity index (χ3v) is 4.05. The van der Waals surface area contributed by atoms with E-state index in [4.69, 9.17) is 27.7 Å². The van der Waals surface area contributed by atoms with Crippen LogP contribution in [0.3, 0.4) is 0 Å². The smallest absolute Gasteiger partial charge is 0.242 e. The first-order chi connectivity index (χ1) is 10.9. The zero-order chi connectivity index (χ0) is 17.0. The molecule has 0 fully saturated rings. The number of nitrogens with one attached hydrogen (secondary N) is 2. The third-order valence-electron chi connectivity index (χ3n) is 3.48. The second-order valence-corrected chi connectivity index (χ2v) is 6.17. The van der Waals surface area contributed by atoms with Crippen molar-refractivity contribution >= 4 is 34.9 Å². The highest BCUT2D eigenvalue weighted by molar-refractivity contribution is 6.35. The van der Waals surface area contributed by atoms with Crippen molar-refractivity contribution in [3.05, 3.63) is 45.6 Å². The Balaban J connectivity index is 2.04.